The monoisotopic (exact) mass is 344 g/mol. The lowest BCUT2D eigenvalue weighted by atomic mass is 10.0. The molecule has 0 fully saturated rings. The van der Waals surface area contributed by atoms with Crippen LogP contribution in [0, 0.1) is 0 Å². The lowest BCUT2D eigenvalue weighted by Gasteiger charge is -2.26. The number of aromatic nitrogens is 2. The Morgan fingerprint density at radius 3 is 2.79 bits per heavy atom. The van der Waals surface area contributed by atoms with E-state index >= 15 is 0 Å². The van der Waals surface area contributed by atoms with Crippen LogP contribution in [0.15, 0.2) is 29.2 Å². The number of fused-ring (bicyclic) bond motifs is 1. The molecule has 130 valence electrons. The summed E-state index contributed by atoms with van der Waals surface area (Å²) >= 11 is 1.97. The van der Waals surface area contributed by atoms with Crippen LogP contribution in [0.1, 0.15) is 49.0 Å². The first-order chi connectivity index (χ1) is 11.5. The number of hydrogen-bond acceptors (Lipinski definition) is 4. The molecule has 1 aliphatic heterocycles. The first kappa shape index (κ1) is 17.4. The second-order valence-corrected chi connectivity index (χ2v) is 8.11. The molecule has 0 saturated heterocycles. The molecular weight excluding hydrogens is 316 g/mol. The third-order valence-corrected chi connectivity index (χ3v) is 5.72. The summed E-state index contributed by atoms with van der Waals surface area (Å²) < 4.78 is 2.01. The number of hydrogen-bond donors (Lipinski definition) is 1. The minimum Gasteiger partial charge on any atom is -0.363 e. The molecule has 5 heteroatoms. The minimum atomic E-state index is 0.427. The molecule has 2 heterocycles. The second-order valence-electron chi connectivity index (χ2n) is 6.97. The van der Waals surface area contributed by atoms with Gasteiger partial charge in [0, 0.05) is 44.2 Å². The van der Waals surface area contributed by atoms with Crippen LogP contribution in [0.5, 0.6) is 0 Å². The number of rotatable bonds is 5. The number of nitrogens with one attached hydrogen (secondary N) is 1. The lowest BCUT2D eigenvalue weighted by Crippen LogP contribution is -2.25. The van der Waals surface area contributed by atoms with Gasteiger partial charge in [0.1, 0.15) is 5.82 Å². The van der Waals surface area contributed by atoms with Gasteiger partial charge >= 0.3 is 0 Å². The molecule has 24 heavy (non-hydrogen) atoms. The Labute approximate surface area is 149 Å². The summed E-state index contributed by atoms with van der Waals surface area (Å²) in [5.74, 6) is 2.81. The van der Waals surface area contributed by atoms with Gasteiger partial charge in [-0.05, 0) is 29.7 Å². The molecule has 0 saturated carbocycles. The van der Waals surface area contributed by atoms with Crippen LogP contribution in [0.25, 0.3) is 0 Å². The average molecular weight is 345 g/mol. The smallest absolute Gasteiger partial charge is 0.130 e. The van der Waals surface area contributed by atoms with Gasteiger partial charge < -0.3 is 10.2 Å². The maximum Gasteiger partial charge on any atom is 0.130 e. The summed E-state index contributed by atoms with van der Waals surface area (Å²) in [6, 6.07) is 9.21. The first-order valence-corrected chi connectivity index (χ1v) is 9.65. The van der Waals surface area contributed by atoms with Crippen molar-refractivity contribution in [1.29, 1.82) is 0 Å². The van der Waals surface area contributed by atoms with E-state index < -0.39 is 0 Å². The number of thioether (sulfide) groups is 1. The summed E-state index contributed by atoms with van der Waals surface area (Å²) in [5, 5.41) is 8.57. The Kier molecular flexibility index (Phi) is 5.21. The second kappa shape index (κ2) is 7.19. The van der Waals surface area contributed by atoms with E-state index in [0.29, 0.717) is 12.0 Å². The molecule has 4 nitrogen and oxygen atoms in total. The van der Waals surface area contributed by atoms with Crippen LogP contribution < -0.4 is 10.2 Å². The van der Waals surface area contributed by atoms with Crippen LogP contribution >= 0.6 is 11.8 Å². The molecule has 1 atom stereocenters. The Morgan fingerprint density at radius 1 is 1.33 bits per heavy atom. The quantitative estimate of drug-likeness (QED) is 0.891. The summed E-state index contributed by atoms with van der Waals surface area (Å²) in [7, 11) is 6.23. The van der Waals surface area contributed by atoms with Crippen molar-refractivity contribution in [3.05, 3.63) is 41.1 Å². The summed E-state index contributed by atoms with van der Waals surface area (Å²) in [6.45, 7) is 5.30. The Morgan fingerprint density at radius 2 is 2.08 bits per heavy atom. The first-order valence-electron chi connectivity index (χ1n) is 8.67. The van der Waals surface area contributed by atoms with Gasteiger partial charge in [-0.25, -0.2) is 0 Å². The van der Waals surface area contributed by atoms with Gasteiger partial charge in [-0.1, -0.05) is 32.0 Å². The number of aryl methyl sites for hydroxylation is 1. The van der Waals surface area contributed by atoms with E-state index in [4.69, 9.17) is 5.10 Å². The molecule has 1 unspecified atom stereocenters. The van der Waals surface area contributed by atoms with Crippen molar-refractivity contribution in [2.24, 2.45) is 7.05 Å². The van der Waals surface area contributed by atoms with E-state index in [2.05, 4.69) is 62.4 Å². The molecule has 3 rings (SSSR count). The number of anilines is 1. The van der Waals surface area contributed by atoms with Gasteiger partial charge in [0.15, 0.2) is 0 Å². The molecule has 0 aliphatic carbocycles. The third-order valence-electron chi connectivity index (χ3n) is 4.60. The molecule has 0 bridgehead atoms. The van der Waals surface area contributed by atoms with Crippen molar-refractivity contribution in [2.45, 2.75) is 43.7 Å². The number of benzene rings is 1. The van der Waals surface area contributed by atoms with E-state index in [1.54, 1.807) is 0 Å². The molecule has 0 radical (unpaired) electrons. The van der Waals surface area contributed by atoms with Gasteiger partial charge in [0.25, 0.3) is 0 Å². The highest BCUT2D eigenvalue weighted by molar-refractivity contribution is 7.99. The Bertz CT molecular complexity index is 705. The third kappa shape index (κ3) is 3.33. The highest BCUT2D eigenvalue weighted by atomic mass is 32.2. The van der Waals surface area contributed by atoms with Crippen LogP contribution in [-0.2, 0) is 13.6 Å². The zero-order valence-electron chi connectivity index (χ0n) is 15.3. The molecule has 2 aromatic rings. The largest absolute Gasteiger partial charge is 0.363 e. The van der Waals surface area contributed by atoms with E-state index in [1.807, 2.05) is 23.5 Å². The van der Waals surface area contributed by atoms with E-state index in [1.165, 1.54) is 39.7 Å². The Balaban J connectivity index is 1.85. The van der Waals surface area contributed by atoms with Crippen LogP contribution in [0.3, 0.4) is 0 Å². The van der Waals surface area contributed by atoms with Gasteiger partial charge in [-0.2, -0.15) is 5.10 Å². The molecule has 1 aliphatic rings. The van der Waals surface area contributed by atoms with Crippen LogP contribution in [0.4, 0.5) is 5.82 Å². The maximum atomic E-state index is 4.77. The van der Waals surface area contributed by atoms with Crippen LogP contribution in [0.2, 0.25) is 0 Å². The maximum absolute atomic E-state index is 4.77. The minimum absolute atomic E-state index is 0.427. The molecule has 1 aromatic heterocycles. The summed E-state index contributed by atoms with van der Waals surface area (Å²) in [4.78, 5) is 3.59. The zero-order valence-corrected chi connectivity index (χ0v) is 16.2. The fourth-order valence-electron chi connectivity index (χ4n) is 3.55. The highest BCUT2D eigenvalue weighted by Gasteiger charge is 2.23. The zero-order chi connectivity index (χ0) is 17.3. The summed E-state index contributed by atoms with van der Waals surface area (Å²) in [6.07, 6.45) is 1.18. The predicted molar refractivity (Wildman–Crippen MR) is 103 cm³/mol. The SMILES string of the molecule is CC(C)c1nn(C)c(N(C)C)c1CNC1CCSc2ccccc21. The molecule has 1 aromatic carbocycles. The summed E-state index contributed by atoms with van der Waals surface area (Å²) in [5.41, 5.74) is 3.97. The van der Waals surface area contributed by atoms with Gasteiger partial charge in [0.2, 0.25) is 0 Å². The topological polar surface area (TPSA) is 33.1 Å². The van der Waals surface area contributed by atoms with Gasteiger partial charge in [-0.3, -0.25) is 4.68 Å². The average Bonchev–Trinajstić information content (AvgIpc) is 2.89. The normalized spacial score (nSPS) is 17.2. The van der Waals surface area contributed by atoms with E-state index in [9.17, 15) is 0 Å². The van der Waals surface area contributed by atoms with Crippen molar-refractivity contribution in [3.8, 4) is 0 Å². The standard InChI is InChI=1S/C19H28N4S/c1-13(2)18-15(19(22(3)4)23(5)21-18)12-20-16-10-11-24-17-9-7-6-8-14(16)17/h6-9,13,16,20H,10-12H2,1-5H3. The van der Waals surface area contributed by atoms with Crippen molar-refractivity contribution in [3.63, 3.8) is 0 Å². The number of nitrogens with zero attached hydrogens (tertiary/aromatic N) is 3. The van der Waals surface area contributed by atoms with Crippen LogP contribution in [-0.4, -0.2) is 29.6 Å². The van der Waals surface area contributed by atoms with E-state index in [0.717, 1.165) is 6.54 Å². The molecule has 1 N–H and O–H groups in total. The van der Waals surface area contributed by atoms with Crippen molar-refractivity contribution >= 4 is 17.6 Å². The van der Waals surface area contributed by atoms with Crippen molar-refractivity contribution in [1.82, 2.24) is 15.1 Å². The Hall–Kier alpha value is -1.46. The fourth-order valence-corrected chi connectivity index (χ4v) is 4.68. The molecule has 0 spiro atoms. The van der Waals surface area contributed by atoms with E-state index in [-0.39, 0.29) is 0 Å². The van der Waals surface area contributed by atoms with Crippen molar-refractivity contribution in [2.75, 3.05) is 24.7 Å². The molecule has 0 amide bonds. The lowest BCUT2D eigenvalue weighted by molar-refractivity contribution is 0.508. The molecular formula is C19H28N4S. The van der Waals surface area contributed by atoms with Gasteiger partial charge in [0.05, 0.1) is 5.69 Å². The van der Waals surface area contributed by atoms with Crippen molar-refractivity contribution < 1.29 is 0 Å². The predicted octanol–water partition coefficient (Wildman–Crippen LogP) is 3.94. The fraction of sp³-hybridized carbons (Fsp3) is 0.526. The van der Waals surface area contributed by atoms with Gasteiger partial charge in [-0.15, -0.1) is 11.8 Å². The highest BCUT2D eigenvalue weighted by Crippen LogP contribution is 2.36.